The Balaban J connectivity index is 1.48. The van der Waals surface area contributed by atoms with Crippen LogP contribution in [-0.4, -0.2) is 37.2 Å². The van der Waals surface area contributed by atoms with Gasteiger partial charge in [-0.15, -0.1) is 10.2 Å². The van der Waals surface area contributed by atoms with E-state index in [9.17, 15) is 0 Å². The molecule has 1 aromatic carbocycles. The van der Waals surface area contributed by atoms with E-state index in [-0.39, 0.29) is 0 Å². The average Bonchev–Trinajstić information content (AvgIpc) is 3.45. The molecule has 29 heavy (non-hydrogen) atoms. The third kappa shape index (κ3) is 3.60. The largest absolute Gasteiger partial charge is 0.341 e. The quantitative estimate of drug-likeness (QED) is 0.432. The Morgan fingerprint density at radius 1 is 1.03 bits per heavy atom. The summed E-state index contributed by atoms with van der Waals surface area (Å²) in [7, 11) is 0. The first-order chi connectivity index (χ1) is 14.2. The number of imidazole rings is 1. The molecule has 0 spiro atoms. The van der Waals surface area contributed by atoms with E-state index in [1.54, 1.807) is 11.8 Å². The summed E-state index contributed by atoms with van der Waals surface area (Å²) in [5.41, 5.74) is 4.09. The smallest absolute Gasteiger partial charge is 0.232 e. The predicted octanol–water partition coefficient (Wildman–Crippen LogP) is 4.77. The van der Waals surface area contributed by atoms with Crippen molar-refractivity contribution in [1.29, 1.82) is 0 Å². The van der Waals surface area contributed by atoms with Gasteiger partial charge in [-0.3, -0.25) is 4.57 Å². The van der Waals surface area contributed by atoms with Crippen LogP contribution in [0, 0.1) is 6.92 Å². The zero-order valence-corrected chi connectivity index (χ0v) is 17.7. The number of halogens is 1. The molecule has 1 aliphatic heterocycles. The highest BCUT2D eigenvalue weighted by Gasteiger charge is 2.23. The van der Waals surface area contributed by atoms with Crippen molar-refractivity contribution in [3.8, 4) is 5.69 Å². The third-order valence-corrected chi connectivity index (χ3v) is 6.38. The van der Waals surface area contributed by atoms with Gasteiger partial charge in [0.15, 0.2) is 5.16 Å². The Morgan fingerprint density at radius 2 is 1.86 bits per heavy atom. The van der Waals surface area contributed by atoms with Gasteiger partial charge in [0.1, 0.15) is 5.65 Å². The van der Waals surface area contributed by atoms with E-state index in [1.165, 1.54) is 18.4 Å². The summed E-state index contributed by atoms with van der Waals surface area (Å²) in [5.74, 6) is 1.58. The first kappa shape index (κ1) is 18.5. The van der Waals surface area contributed by atoms with Crippen LogP contribution in [0.3, 0.4) is 0 Å². The van der Waals surface area contributed by atoms with Crippen molar-refractivity contribution in [2.45, 2.75) is 30.7 Å². The number of thioether (sulfide) groups is 1. The van der Waals surface area contributed by atoms with Gasteiger partial charge in [-0.2, -0.15) is 0 Å². The molecular weight excluding hydrogens is 404 g/mol. The highest BCUT2D eigenvalue weighted by atomic mass is 35.5. The number of aryl methyl sites for hydroxylation is 1. The number of aromatic nitrogens is 5. The summed E-state index contributed by atoms with van der Waals surface area (Å²) < 4.78 is 4.15. The van der Waals surface area contributed by atoms with Gasteiger partial charge in [0.2, 0.25) is 5.95 Å². The number of hydrogen-bond acceptors (Lipinski definition) is 5. The fraction of sp³-hybridized carbons (Fsp3) is 0.286. The second-order valence-electron chi connectivity index (χ2n) is 7.26. The second kappa shape index (κ2) is 7.72. The maximum absolute atomic E-state index is 6.53. The van der Waals surface area contributed by atoms with Gasteiger partial charge in [-0.05, 0) is 43.5 Å². The molecule has 5 rings (SSSR count). The average molecular weight is 425 g/mol. The fourth-order valence-electron chi connectivity index (χ4n) is 3.69. The van der Waals surface area contributed by atoms with Crippen molar-refractivity contribution >= 4 is 35.0 Å². The molecule has 0 aliphatic carbocycles. The summed E-state index contributed by atoms with van der Waals surface area (Å²) in [4.78, 5) is 7.01. The predicted molar refractivity (Wildman–Crippen MR) is 117 cm³/mol. The minimum absolute atomic E-state index is 0.692. The molecule has 0 unspecified atom stereocenters. The van der Waals surface area contributed by atoms with E-state index in [2.05, 4.69) is 49.4 Å². The molecule has 1 aliphatic rings. The van der Waals surface area contributed by atoms with E-state index < -0.39 is 0 Å². The van der Waals surface area contributed by atoms with Crippen LogP contribution in [0.15, 0.2) is 53.9 Å². The first-order valence-electron chi connectivity index (χ1n) is 9.71. The zero-order valence-electron chi connectivity index (χ0n) is 16.1. The lowest BCUT2D eigenvalue weighted by Crippen LogP contribution is -2.22. The van der Waals surface area contributed by atoms with Gasteiger partial charge in [0.25, 0.3) is 0 Å². The molecule has 4 heterocycles. The van der Waals surface area contributed by atoms with Crippen LogP contribution in [0.4, 0.5) is 5.95 Å². The standard InChI is InChI=1S/C21H21ClN6S/c1-15-8-9-19-23-16(13-27(19)12-15)14-29-21-25-24-20(26-10-4-5-11-26)28(21)18-7-3-2-6-17(18)22/h2-3,6-9,12-13H,4-5,10-11,14H2,1H3. The topological polar surface area (TPSA) is 51.2 Å². The van der Waals surface area contributed by atoms with Crippen molar-refractivity contribution in [1.82, 2.24) is 24.1 Å². The molecule has 0 saturated carbocycles. The summed E-state index contributed by atoms with van der Waals surface area (Å²) in [6, 6.07) is 12.0. The Morgan fingerprint density at radius 3 is 2.69 bits per heavy atom. The van der Waals surface area contributed by atoms with Gasteiger partial charge < -0.3 is 9.30 Å². The molecule has 0 amide bonds. The summed E-state index contributed by atoms with van der Waals surface area (Å²) in [6.45, 7) is 4.08. The van der Waals surface area contributed by atoms with Crippen LogP contribution in [-0.2, 0) is 5.75 Å². The summed E-state index contributed by atoms with van der Waals surface area (Å²) in [5, 5.41) is 10.5. The van der Waals surface area contributed by atoms with Crippen LogP contribution in [0.2, 0.25) is 5.02 Å². The number of para-hydroxylation sites is 1. The molecule has 1 fully saturated rings. The first-order valence-corrected chi connectivity index (χ1v) is 11.1. The van der Waals surface area contributed by atoms with Crippen LogP contribution in [0.5, 0.6) is 0 Å². The van der Waals surface area contributed by atoms with Crippen molar-refractivity contribution in [3.63, 3.8) is 0 Å². The molecule has 0 atom stereocenters. The monoisotopic (exact) mass is 424 g/mol. The Labute approximate surface area is 178 Å². The summed E-state index contributed by atoms with van der Waals surface area (Å²) in [6.07, 6.45) is 6.53. The van der Waals surface area contributed by atoms with E-state index in [0.29, 0.717) is 10.8 Å². The lowest BCUT2D eigenvalue weighted by molar-refractivity contribution is 0.841. The van der Waals surface area contributed by atoms with Gasteiger partial charge in [0.05, 0.1) is 16.4 Å². The van der Waals surface area contributed by atoms with Crippen LogP contribution < -0.4 is 4.90 Å². The van der Waals surface area contributed by atoms with Crippen LogP contribution in [0.1, 0.15) is 24.1 Å². The van der Waals surface area contributed by atoms with Gasteiger partial charge in [0, 0.05) is 31.2 Å². The molecule has 1 saturated heterocycles. The van der Waals surface area contributed by atoms with Gasteiger partial charge in [-0.1, -0.05) is 41.6 Å². The van der Waals surface area contributed by atoms with Crippen LogP contribution in [0.25, 0.3) is 11.3 Å². The Hall–Kier alpha value is -2.51. The third-order valence-electron chi connectivity index (χ3n) is 5.10. The maximum atomic E-state index is 6.53. The van der Waals surface area contributed by atoms with Gasteiger partial charge >= 0.3 is 0 Å². The number of nitrogens with zero attached hydrogens (tertiary/aromatic N) is 6. The Bertz CT molecular complexity index is 1160. The van der Waals surface area contributed by atoms with Crippen molar-refractivity contribution < 1.29 is 0 Å². The minimum atomic E-state index is 0.692. The molecule has 6 nitrogen and oxygen atoms in total. The molecular formula is C21H21ClN6S. The van der Waals surface area contributed by atoms with E-state index in [4.69, 9.17) is 16.6 Å². The fourth-order valence-corrected chi connectivity index (χ4v) is 4.73. The summed E-state index contributed by atoms with van der Waals surface area (Å²) >= 11 is 8.16. The lowest BCUT2D eigenvalue weighted by atomic mass is 10.3. The highest BCUT2D eigenvalue weighted by Crippen LogP contribution is 2.33. The van der Waals surface area contributed by atoms with Crippen molar-refractivity contribution in [2.24, 2.45) is 0 Å². The number of pyridine rings is 1. The highest BCUT2D eigenvalue weighted by molar-refractivity contribution is 7.98. The van der Waals surface area contributed by atoms with Crippen molar-refractivity contribution in [2.75, 3.05) is 18.0 Å². The zero-order chi connectivity index (χ0) is 19.8. The van der Waals surface area contributed by atoms with E-state index in [1.807, 2.05) is 30.3 Å². The molecule has 8 heteroatoms. The number of hydrogen-bond donors (Lipinski definition) is 0. The number of benzene rings is 1. The molecule has 148 valence electrons. The number of rotatable bonds is 5. The number of fused-ring (bicyclic) bond motifs is 1. The molecule has 0 bridgehead atoms. The normalized spacial score (nSPS) is 14.2. The molecule has 0 N–H and O–H groups in total. The Kier molecular flexibility index (Phi) is 4.93. The van der Waals surface area contributed by atoms with Gasteiger partial charge in [-0.25, -0.2) is 4.98 Å². The molecule has 3 aromatic heterocycles. The number of anilines is 1. The van der Waals surface area contributed by atoms with E-state index in [0.717, 1.165) is 41.2 Å². The van der Waals surface area contributed by atoms with E-state index >= 15 is 0 Å². The molecule has 0 radical (unpaired) electrons. The molecule has 4 aromatic rings. The SMILES string of the molecule is Cc1ccc2nc(CSc3nnc(N4CCCC4)n3-c3ccccc3Cl)cn2c1. The lowest BCUT2D eigenvalue weighted by Gasteiger charge is -2.19. The van der Waals surface area contributed by atoms with Crippen LogP contribution >= 0.6 is 23.4 Å². The maximum Gasteiger partial charge on any atom is 0.232 e. The second-order valence-corrected chi connectivity index (χ2v) is 8.61. The minimum Gasteiger partial charge on any atom is -0.341 e. The van der Waals surface area contributed by atoms with Crippen molar-refractivity contribution in [3.05, 3.63) is 65.1 Å².